The lowest BCUT2D eigenvalue weighted by Gasteiger charge is -2.11. The number of methoxy groups -OCH3 is 2. The zero-order valence-corrected chi connectivity index (χ0v) is 10.1. The molecule has 0 atom stereocenters. The highest BCUT2D eigenvalue weighted by atomic mass is 32.1. The molecule has 3 nitrogen and oxygen atoms in total. The van der Waals surface area contributed by atoms with Crippen LogP contribution in [0.4, 0.5) is 0 Å². The predicted octanol–water partition coefficient (Wildman–Crippen LogP) is 2.15. The zero-order valence-electron chi connectivity index (χ0n) is 9.24. The molecule has 1 N–H and O–H groups in total. The summed E-state index contributed by atoms with van der Waals surface area (Å²) in [6.45, 7) is 0. The second kappa shape index (κ2) is 4.53. The molecular weight excluding hydrogens is 222 g/mol. The summed E-state index contributed by atoms with van der Waals surface area (Å²) in [6, 6.07) is 3.93. The van der Waals surface area contributed by atoms with Crippen molar-refractivity contribution >= 4 is 23.3 Å². The van der Waals surface area contributed by atoms with Crippen molar-refractivity contribution in [2.45, 2.75) is 6.42 Å². The molecule has 0 saturated carbocycles. The Morgan fingerprint density at radius 3 is 2.56 bits per heavy atom. The number of rotatable bonds is 2. The van der Waals surface area contributed by atoms with Gasteiger partial charge in [-0.25, -0.2) is 0 Å². The van der Waals surface area contributed by atoms with Crippen molar-refractivity contribution in [3.05, 3.63) is 29.5 Å². The monoisotopic (exact) mass is 235 g/mol. The summed E-state index contributed by atoms with van der Waals surface area (Å²) in [5.74, 6) is 1.47. The third kappa shape index (κ3) is 2.02. The maximum absolute atomic E-state index is 5.27. The fraction of sp³-hybridized carbons (Fsp3) is 0.250. The van der Waals surface area contributed by atoms with Crippen molar-refractivity contribution in [3.8, 4) is 11.5 Å². The molecule has 0 aromatic heterocycles. The van der Waals surface area contributed by atoms with Crippen molar-refractivity contribution in [1.29, 1.82) is 0 Å². The van der Waals surface area contributed by atoms with Crippen LogP contribution in [0, 0.1) is 0 Å². The summed E-state index contributed by atoms with van der Waals surface area (Å²) in [4.78, 5) is 0.808. The first-order valence-corrected chi connectivity index (χ1v) is 5.36. The minimum atomic E-state index is 0.720. The number of nitrogens with one attached hydrogen (secondary N) is 1. The van der Waals surface area contributed by atoms with Gasteiger partial charge in [0.05, 0.1) is 19.2 Å². The third-order valence-corrected chi connectivity index (χ3v) is 2.77. The first-order chi connectivity index (χ1) is 7.74. The van der Waals surface area contributed by atoms with Gasteiger partial charge in [0.1, 0.15) is 0 Å². The Balaban J connectivity index is 2.51. The van der Waals surface area contributed by atoms with Crippen molar-refractivity contribution in [3.63, 3.8) is 0 Å². The van der Waals surface area contributed by atoms with Crippen LogP contribution in [-0.4, -0.2) is 19.2 Å². The van der Waals surface area contributed by atoms with E-state index in [-0.39, 0.29) is 0 Å². The molecule has 0 radical (unpaired) electrons. The highest BCUT2D eigenvalue weighted by Crippen LogP contribution is 2.32. The van der Waals surface area contributed by atoms with Gasteiger partial charge in [0.2, 0.25) is 0 Å². The number of fused-ring (bicyclic) bond motifs is 1. The molecule has 2 rings (SSSR count). The summed E-state index contributed by atoms with van der Waals surface area (Å²) in [5, 5.41) is 3.04. The van der Waals surface area contributed by atoms with Crippen LogP contribution in [0.15, 0.2) is 18.3 Å². The van der Waals surface area contributed by atoms with Crippen LogP contribution in [0.25, 0.3) is 6.08 Å². The first kappa shape index (κ1) is 11.0. The number of hydrogen-bond donors (Lipinski definition) is 1. The van der Waals surface area contributed by atoms with Gasteiger partial charge in [-0.2, -0.15) is 0 Å². The summed E-state index contributed by atoms with van der Waals surface area (Å²) in [6.07, 6.45) is 4.55. The van der Waals surface area contributed by atoms with E-state index in [2.05, 4.69) is 5.32 Å². The van der Waals surface area contributed by atoms with E-state index in [4.69, 9.17) is 21.7 Å². The molecule has 1 aliphatic rings. The molecule has 1 aliphatic heterocycles. The van der Waals surface area contributed by atoms with E-state index in [1.54, 1.807) is 14.2 Å². The van der Waals surface area contributed by atoms with Gasteiger partial charge in [0, 0.05) is 12.6 Å². The van der Waals surface area contributed by atoms with Crippen LogP contribution in [-0.2, 0) is 6.42 Å². The van der Waals surface area contributed by atoms with Crippen LogP contribution < -0.4 is 14.8 Å². The number of hydrogen-bond acceptors (Lipinski definition) is 3. The van der Waals surface area contributed by atoms with E-state index in [1.165, 1.54) is 0 Å². The maximum atomic E-state index is 5.27. The predicted molar refractivity (Wildman–Crippen MR) is 68.0 cm³/mol. The lowest BCUT2D eigenvalue weighted by molar-refractivity contribution is 0.354. The molecule has 0 bridgehead atoms. The third-order valence-electron chi connectivity index (χ3n) is 2.50. The molecule has 4 heteroatoms. The highest BCUT2D eigenvalue weighted by Gasteiger charge is 2.12. The SMILES string of the molecule is COc1cc2c(cc1OC)CC(=S)NC=C2. The van der Waals surface area contributed by atoms with E-state index in [0.29, 0.717) is 0 Å². The van der Waals surface area contributed by atoms with Crippen molar-refractivity contribution in [2.24, 2.45) is 0 Å². The van der Waals surface area contributed by atoms with Crippen LogP contribution in [0.2, 0.25) is 0 Å². The molecule has 0 aliphatic carbocycles. The first-order valence-electron chi connectivity index (χ1n) is 4.95. The average Bonchev–Trinajstić information content (AvgIpc) is 2.47. The molecule has 0 saturated heterocycles. The van der Waals surface area contributed by atoms with Crippen molar-refractivity contribution in [2.75, 3.05) is 14.2 Å². The molecule has 1 heterocycles. The minimum absolute atomic E-state index is 0.720. The Labute approximate surface area is 100 Å². The second-order valence-corrected chi connectivity index (χ2v) is 3.98. The molecule has 1 aromatic rings. The molecule has 0 fully saturated rings. The Morgan fingerprint density at radius 2 is 1.88 bits per heavy atom. The Hall–Kier alpha value is -1.55. The van der Waals surface area contributed by atoms with Gasteiger partial charge in [-0.3, -0.25) is 0 Å². The quantitative estimate of drug-likeness (QED) is 0.796. The van der Waals surface area contributed by atoms with E-state index >= 15 is 0 Å². The summed E-state index contributed by atoms with van der Waals surface area (Å²) in [5.41, 5.74) is 2.24. The zero-order chi connectivity index (χ0) is 11.5. The summed E-state index contributed by atoms with van der Waals surface area (Å²) < 4.78 is 10.5. The molecule has 1 aromatic carbocycles. The average molecular weight is 235 g/mol. The fourth-order valence-corrected chi connectivity index (χ4v) is 1.92. The largest absolute Gasteiger partial charge is 0.493 e. The molecule has 0 spiro atoms. The van der Waals surface area contributed by atoms with E-state index in [0.717, 1.165) is 34.0 Å². The number of ether oxygens (including phenoxy) is 2. The van der Waals surface area contributed by atoms with Gasteiger partial charge in [-0.15, -0.1) is 0 Å². The summed E-state index contributed by atoms with van der Waals surface area (Å²) >= 11 is 5.17. The molecule has 84 valence electrons. The van der Waals surface area contributed by atoms with Gasteiger partial charge in [0.15, 0.2) is 11.5 Å². The maximum Gasteiger partial charge on any atom is 0.161 e. The van der Waals surface area contributed by atoms with Crippen LogP contribution in [0.1, 0.15) is 11.1 Å². The molecule has 0 amide bonds. The Bertz CT molecular complexity index is 455. The fourth-order valence-electron chi connectivity index (χ4n) is 1.69. The number of thiocarbonyl (C=S) groups is 1. The standard InChI is InChI=1S/C12H13NO2S/c1-14-10-5-8-3-4-13-12(16)7-9(8)6-11(10)15-2/h3-6H,7H2,1-2H3,(H,13,16). The van der Waals surface area contributed by atoms with Crippen molar-refractivity contribution in [1.82, 2.24) is 5.32 Å². The Kier molecular flexibility index (Phi) is 3.10. The van der Waals surface area contributed by atoms with Crippen molar-refractivity contribution < 1.29 is 9.47 Å². The highest BCUT2D eigenvalue weighted by molar-refractivity contribution is 7.80. The molecular formula is C12H13NO2S. The normalized spacial score (nSPS) is 13.8. The summed E-state index contributed by atoms with van der Waals surface area (Å²) in [7, 11) is 3.26. The van der Waals surface area contributed by atoms with Crippen LogP contribution in [0.3, 0.4) is 0 Å². The minimum Gasteiger partial charge on any atom is -0.493 e. The smallest absolute Gasteiger partial charge is 0.161 e. The Morgan fingerprint density at radius 1 is 1.19 bits per heavy atom. The molecule has 0 unspecified atom stereocenters. The number of benzene rings is 1. The van der Waals surface area contributed by atoms with Gasteiger partial charge in [-0.1, -0.05) is 12.2 Å². The van der Waals surface area contributed by atoms with E-state index < -0.39 is 0 Å². The molecule has 16 heavy (non-hydrogen) atoms. The van der Waals surface area contributed by atoms with Gasteiger partial charge in [0.25, 0.3) is 0 Å². The van der Waals surface area contributed by atoms with Gasteiger partial charge >= 0.3 is 0 Å². The van der Waals surface area contributed by atoms with Gasteiger partial charge in [-0.05, 0) is 29.3 Å². The van der Waals surface area contributed by atoms with Crippen LogP contribution >= 0.6 is 12.2 Å². The lowest BCUT2D eigenvalue weighted by Crippen LogP contribution is -2.15. The van der Waals surface area contributed by atoms with Gasteiger partial charge < -0.3 is 14.8 Å². The lowest BCUT2D eigenvalue weighted by atomic mass is 10.0. The topological polar surface area (TPSA) is 30.5 Å². The van der Waals surface area contributed by atoms with E-state index in [1.807, 2.05) is 24.4 Å². The second-order valence-electron chi connectivity index (χ2n) is 3.48. The van der Waals surface area contributed by atoms with E-state index in [9.17, 15) is 0 Å². The van der Waals surface area contributed by atoms with Crippen LogP contribution in [0.5, 0.6) is 11.5 Å².